The van der Waals surface area contributed by atoms with Crippen molar-refractivity contribution in [2.75, 3.05) is 53.0 Å². The van der Waals surface area contributed by atoms with Crippen molar-refractivity contribution < 1.29 is 51.2 Å². The fraction of sp³-hybridized carbons (Fsp3) is 0.511. The number of likely N-dealkylation sites (N-methyl/N-ethyl adjacent to an activating group) is 1. The number of carbonyl (C=O) groups excluding carboxylic acids is 5. The number of benzene rings is 2. The Balaban J connectivity index is 0.000000538. The van der Waals surface area contributed by atoms with Crippen LogP contribution >= 0.6 is 0 Å². The molecule has 0 spiro atoms. The van der Waals surface area contributed by atoms with E-state index in [1.165, 1.54) is 34.5 Å². The lowest BCUT2D eigenvalue weighted by Gasteiger charge is -2.40. The van der Waals surface area contributed by atoms with E-state index in [2.05, 4.69) is 0 Å². The van der Waals surface area contributed by atoms with Gasteiger partial charge in [0.05, 0.1) is 37.9 Å². The van der Waals surface area contributed by atoms with Gasteiger partial charge in [-0.25, -0.2) is 22.8 Å². The molecule has 0 aliphatic carbocycles. The van der Waals surface area contributed by atoms with Crippen LogP contribution in [0.2, 0.25) is 0 Å². The zero-order valence-electron chi connectivity index (χ0n) is 36.8. The van der Waals surface area contributed by atoms with Crippen LogP contribution in [0.25, 0.3) is 11.3 Å². The molecular weight excluding hydrogens is 839 g/mol. The van der Waals surface area contributed by atoms with Crippen LogP contribution in [0, 0.1) is 17.6 Å². The number of carbonyl (C=O) groups is 5. The molecule has 0 saturated carbocycles. The summed E-state index contributed by atoms with van der Waals surface area (Å²) in [5.41, 5.74) is 0.729. The summed E-state index contributed by atoms with van der Waals surface area (Å²) < 4.78 is 60.2. The fourth-order valence-corrected chi connectivity index (χ4v) is 8.51. The molecule has 0 N–H and O–H groups in total. The molecular formula is C45H58F2N6O9S. The first-order valence-corrected chi connectivity index (χ1v) is 22.3. The minimum Gasteiger partial charge on any atom is -0.453 e. The molecule has 2 saturated heterocycles. The minimum absolute atomic E-state index is 0.0244. The molecule has 2 unspecified atom stereocenters. The van der Waals surface area contributed by atoms with Gasteiger partial charge in [-0.2, -0.15) is 0 Å². The zero-order valence-corrected chi connectivity index (χ0v) is 37.6. The van der Waals surface area contributed by atoms with Gasteiger partial charge in [0, 0.05) is 69.9 Å². The van der Waals surface area contributed by atoms with Crippen molar-refractivity contribution in [1.82, 2.24) is 28.6 Å². The zero-order chi connectivity index (χ0) is 45.8. The lowest BCUT2D eigenvalue weighted by molar-refractivity contribution is -0.158. The lowest BCUT2D eigenvalue weighted by atomic mass is 9.87. The van der Waals surface area contributed by atoms with Crippen LogP contribution in [-0.4, -0.2) is 127 Å². The van der Waals surface area contributed by atoms with Gasteiger partial charge in [0.2, 0.25) is 5.91 Å². The smallest absolute Gasteiger partial charge is 0.410 e. The largest absolute Gasteiger partial charge is 0.453 e. The van der Waals surface area contributed by atoms with Crippen molar-refractivity contribution in [3.05, 3.63) is 89.2 Å². The first-order valence-electron chi connectivity index (χ1n) is 21.2. The number of hydrogen-bond acceptors (Lipinski definition) is 10. The third-order valence-electron chi connectivity index (χ3n) is 10.7. The molecule has 63 heavy (non-hydrogen) atoms. The summed E-state index contributed by atoms with van der Waals surface area (Å²) in [6, 6.07) is 12.0. The Morgan fingerprint density at radius 1 is 0.968 bits per heavy atom. The van der Waals surface area contributed by atoms with Crippen molar-refractivity contribution in [1.29, 1.82) is 0 Å². The Labute approximate surface area is 369 Å². The maximum Gasteiger partial charge on any atom is 0.410 e. The molecule has 3 aliphatic rings. The standard InChI is InChI=1S/C36H41F2N5O7S.C9H17NO2/c1-24(50-25(2)44)36(47)40(3)34(27-11-15-41(16-12-27)32(45)13-18-49-19-17-43-33(46)14-20-51(43)48)35-39-31(29-21-28(37)9-10-30(29)38)23-42(35)22-26-7-5-4-6-8-26;1-9(2,3)12-8(11)10-6-4-5-7-10/h4-10,14,20-21,23-24,27,34H,11-13,15-19,22H2,1-3H3;4-7H2,1-3H3/t24-,34?,51?;/m0./s1. The van der Waals surface area contributed by atoms with Crippen molar-refractivity contribution in [3.8, 4) is 11.3 Å². The number of amides is 4. The predicted octanol–water partition coefficient (Wildman–Crippen LogP) is 6.01. The molecule has 3 atom stereocenters. The van der Waals surface area contributed by atoms with E-state index in [9.17, 15) is 32.6 Å². The summed E-state index contributed by atoms with van der Waals surface area (Å²) in [5, 5.41) is 1.31. The van der Waals surface area contributed by atoms with Gasteiger partial charge in [-0.15, -0.1) is 0 Å². The second kappa shape index (κ2) is 22.2. The van der Waals surface area contributed by atoms with E-state index >= 15 is 4.39 Å². The van der Waals surface area contributed by atoms with E-state index in [-0.39, 0.29) is 66.9 Å². The average Bonchev–Trinajstić information content (AvgIpc) is 4.00. The summed E-state index contributed by atoms with van der Waals surface area (Å²) in [7, 11) is 0.103. The highest BCUT2D eigenvalue weighted by molar-refractivity contribution is 7.86. The highest BCUT2D eigenvalue weighted by Crippen LogP contribution is 2.37. The first kappa shape index (κ1) is 48.5. The van der Waals surface area contributed by atoms with Gasteiger partial charge >= 0.3 is 12.1 Å². The maximum atomic E-state index is 15.0. The molecule has 1 aromatic heterocycles. The first-order chi connectivity index (χ1) is 29.9. The highest BCUT2D eigenvalue weighted by atomic mass is 32.2. The lowest BCUT2D eigenvalue weighted by Crippen LogP contribution is -2.46. The van der Waals surface area contributed by atoms with Gasteiger partial charge in [-0.1, -0.05) is 30.3 Å². The number of rotatable bonds is 14. The number of likely N-dealkylation sites (tertiary alicyclic amines) is 2. The maximum absolute atomic E-state index is 15.0. The normalized spacial score (nSPS) is 17.6. The van der Waals surface area contributed by atoms with Gasteiger partial charge in [0.15, 0.2) is 6.10 Å². The molecule has 2 aromatic carbocycles. The second-order valence-electron chi connectivity index (χ2n) is 16.6. The Hall–Kier alpha value is -5.49. The fourth-order valence-electron chi connectivity index (χ4n) is 7.64. The van der Waals surface area contributed by atoms with Gasteiger partial charge in [0.1, 0.15) is 34.0 Å². The third kappa shape index (κ3) is 13.7. The van der Waals surface area contributed by atoms with E-state index in [4.69, 9.17) is 19.2 Å². The number of halogens is 2. The number of esters is 1. The van der Waals surface area contributed by atoms with Gasteiger partial charge in [-0.05, 0) is 83.1 Å². The van der Waals surface area contributed by atoms with Gasteiger partial charge in [0.25, 0.3) is 11.8 Å². The molecule has 3 aromatic rings. The summed E-state index contributed by atoms with van der Waals surface area (Å²) in [6.45, 7) is 11.6. The van der Waals surface area contributed by atoms with Crippen LogP contribution in [0.4, 0.5) is 13.6 Å². The van der Waals surface area contributed by atoms with Gasteiger partial charge < -0.3 is 33.5 Å². The number of imidazole rings is 1. The molecule has 4 amide bonds. The Morgan fingerprint density at radius 2 is 1.65 bits per heavy atom. The monoisotopic (exact) mass is 896 g/mol. The summed E-state index contributed by atoms with van der Waals surface area (Å²) in [6.07, 6.45) is 4.97. The molecule has 2 fully saturated rings. The third-order valence-corrected chi connectivity index (χ3v) is 11.9. The number of hydrogen-bond donors (Lipinski definition) is 0. The van der Waals surface area contributed by atoms with Crippen LogP contribution in [0.1, 0.15) is 84.2 Å². The Bertz CT molecular complexity index is 2110. The van der Waals surface area contributed by atoms with E-state index in [0.29, 0.717) is 38.3 Å². The van der Waals surface area contributed by atoms with Crippen molar-refractivity contribution in [3.63, 3.8) is 0 Å². The molecule has 18 heteroatoms. The van der Waals surface area contributed by atoms with Crippen LogP contribution in [0.5, 0.6) is 0 Å². The number of piperidine rings is 1. The molecule has 3 aliphatic heterocycles. The van der Waals surface area contributed by atoms with E-state index in [1.807, 2.05) is 55.7 Å². The van der Waals surface area contributed by atoms with E-state index < -0.39 is 46.6 Å². The van der Waals surface area contributed by atoms with Crippen molar-refractivity contribution in [2.24, 2.45) is 5.92 Å². The average molecular weight is 897 g/mol. The topological polar surface area (TPSA) is 161 Å². The van der Waals surface area contributed by atoms with E-state index in [1.54, 1.807) is 23.0 Å². The molecule has 6 rings (SSSR count). The number of aromatic nitrogens is 2. The van der Waals surface area contributed by atoms with Crippen LogP contribution in [0.3, 0.4) is 0 Å². The quantitative estimate of drug-likeness (QED) is 0.139. The molecule has 0 bridgehead atoms. The SMILES string of the molecule is CC(=O)O[C@@H](C)C(=O)N(C)C(c1nc(-c2cc(F)ccc2F)cn1Cc1ccccc1)C1CCN(C(=O)CCOCCN2C(=O)C=CS2=O)CC1.CC(C)(C)OC(=O)N1CCCC1. The molecule has 15 nitrogen and oxygen atoms in total. The molecule has 0 radical (unpaired) electrons. The number of ether oxygens (including phenoxy) is 3. The number of nitrogens with zero attached hydrogens (tertiary/aromatic N) is 6. The van der Waals surface area contributed by atoms with Crippen LogP contribution in [0.15, 0.2) is 66.2 Å². The molecule has 4 heterocycles. The second-order valence-corrected chi connectivity index (χ2v) is 17.9. The Morgan fingerprint density at radius 3 is 2.27 bits per heavy atom. The summed E-state index contributed by atoms with van der Waals surface area (Å²) in [5.74, 6) is -2.58. The van der Waals surface area contributed by atoms with Crippen LogP contribution < -0.4 is 0 Å². The van der Waals surface area contributed by atoms with Crippen LogP contribution in [-0.2, 0) is 50.9 Å². The van der Waals surface area contributed by atoms with Crippen molar-refractivity contribution >= 4 is 40.8 Å². The molecule has 342 valence electrons. The predicted molar refractivity (Wildman–Crippen MR) is 231 cm³/mol. The summed E-state index contributed by atoms with van der Waals surface area (Å²) in [4.78, 5) is 71.5. The Kier molecular flexibility index (Phi) is 17.1. The summed E-state index contributed by atoms with van der Waals surface area (Å²) >= 11 is 0. The van der Waals surface area contributed by atoms with Crippen molar-refractivity contribution in [2.45, 2.75) is 91.0 Å². The highest BCUT2D eigenvalue weighted by Gasteiger charge is 2.38. The minimum atomic E-state index is -1.50. The van der Waals surface area contributed by atoms with Gasteiger partial charge in [-0.3, -0.25) is 23.5 Å². The van der Waals surface area contributed by atoms with E-state index in [0.717, 1.165) is 49.7 Å².